The Kier molecular flexibility index (Phi) is 9.48. The van der Waals surface area contributed by atoms with Gasteiger partial charge in [-0.2, -0.15) is 0 Å². The van der Waals surface area contributed by atoms with Gasteiger partial charge < -0.3 is 20.4 Å². The molecule has 4 unspecified atom stereocenters. The standard InChI is InChI=1S/C30H34F5N5O3/c31-21-15-24(40(17-21)25(41)16-36-30(43)39-12-10-38(11-13-39)28(35)27(33)34)29(42)37-26(19-4-2-1-3-5-19)20-8-9-22(18-6-7-18)23(32)14-20/h1-5,8-9,14,18,21,24,26-28H,6-7,10-13,15-17H2,(H,36,43)(H,37,42). The molecule has 2 aromatic rings. The van der Waals surface area contributed by atoms with Crippen LogP contribution in [0, 0.1) is 5.82 Å². The van der Waals surface area contributed by atoms with E-state index >= 15 is 0 Å². The van der Waals surface area contributed by atoms with Crippen LogP contribution in [0.15, 0.2) is 48.5 Å². The quantitative estimate of drug-likeness (QED) is 0.336. The Labute approximate surface area is 246 Å². The minimum Gasteiger partial charge on any atom is -0.343 e. The number of likely N-dealkylation sites (tertiary alicyclic amines) is 1. The first-order chi connectivity index (χ1) is 20.6. The van der Waals surface area contributed by atoms with Crippen LogP contribution in [0.5, 0.6) is 0 Å². The lowest BCUT2D eigenvalue weighted by Crippen LogP contribution is -2.56. The third-order valence-corrected chi connectivity index (χ3v) is 8.22. The molecule has 1 saturated carbocycles. The number of nitrogens with zero attached hydrogens (tertiary/aromatic N) is 3. The molecule has 232 valence electrons. The third-order valence-electron chi connectivity index (χ3n) is 8.22. The molecule has 4 amide bonds. The number of rotatable bonds is 9. The highest BCUT2D eigenvalue weighted by Gasteiger charge is 2.41. The molecule has 2 aliphatic heterocycles. The summed E-state index contributed by atoms with van der Waals surface area (Å²) in [6.45, 7) is -1.08. The fourth-order valence-corrected chi connectivity index (χ4v) is 5.70. The molecular weight excluding hydrogens is 573 g/mol. The van der Waals surface area contributed by atoms with Crippen LogP contribution >= 0.6 is 0 Å². The molecule has 8 nitrogen and oxygen atoms in total. The zero-order chi connectivity index (χ0) is 30.7. The molecule has 2 saturated heterocycles. The second-order valence-electron chi connectivity index (χ2n) is 11.2. The maximum Gasteiger partial charge on any atom is 0.317 e. The van der Waals surface area contributed by atoms with Crippen molar-refractivity contribution in [1.29, 1.82) is 0 Å². The van der Waals surface area contributed by atoms with Crippen molar-refractivity contribution in [1.82, 2.24) is 25.3 Å². The van der Waals surface area contributed by atoms with Crippen molar-refractivity contribution in [2.45, 2.75) is 56.2 Å². The zero-order valence-electron chi connectivity index (χ0n) is 23.4. The number of amides is 4. The van der Waals surface area contributed by atoms with Gasteiger partial charge in [0.1, 0.15) is 18.0 Å². The number of alkyl halides is 4. The number of benzene rings is 2. The summed E-state index contributed by atoms with van der Waals surface area (Å²) in [4.78, 5) is 42.4. The Morgan fingerprint density at radius 3 is 2.26 bits per heavy atom. The number of piperazine rings is 1. The highest BCUT2D eigenvalue weighted by molar-refractivity contribution is 5.91. The SMILES string of the molecule is O=C(NC(c1ccccc1)c1ccc(C2CC2)c(F)c1)C1CC(F)CN1C(=O)CNC(=O)N1CCN(C(F)C(F)F)CC1. The fraction of sp³-hybridized carbons (Fsp3) is 0.500. The number of urea groups is 1. The molecule has 0 spiro atoms. The number of halogens is 5. The molecule has 0 aromatic heterocycles. The summed E-state index contributed by atoms with van der Waals surface area (Å²) in [5.41, 5.74) is 1.83. The van der Waals surface area contributed by atoms with Crippen molar-refractivity contribution >= 4 is 17.8 Å². The molecule has 2 aromatic carbocycles. The summed E-state index contributed by atoms with van der Waals surface area (Å²) in [5.74, 6) is -1.44. The molecule has 0 radical (unpaired) electrons. The van der Waals surface area contributed by atoms with E-state index in [9.17, 15) is 36.3 Å². The maximum atomic E-state index is 14.9. The largest absolute Gasteiger partial charge is 0.343 e. The van der Waals surface area contributed by atoms with Gasteiger partial charge in [0.25, 0.3) is 6.43 Å². The summed E-state index contributed by atoms with van der Waals surface area (Å²) >= 11 is 0. The molecule has 0 bridgehead atoms. The fourth-order valence-electron chi connectivity index (χ4n) is 5.70. The summed E-state index contributed by atoms with van der Waals surface area (Å²) < 4.78 is 68.3. The van der Waals surface area contributed by atoms with Gasteiger partial charge in [-0.25, -0.2) is 26.7 Å². The Morgan fingerprint density at radius 2 is 1.63 bits per heavy atom. The predicted molar refractivity (Wildman–Crippen MR) is 147 cm³/mol. The Balaban J connectivity index is 1.22. The van der Waals surface area contributed by atoms with Gasteiger partial charge in [0.15, 0.2) is 0 Å². The van der Waals surface area contributed by atoms with Gasteiger partial charge in [0.2, 0.25) is 18.1 Å². The van der Waals surface area contributed by atoms with E-state index in [0.29, 0.717) is 16.7 Å². The highest BCUT2D eigenvalue weighted by Crippen LogP contribution is 2.42. The first kappa shape index (κ1) is 30.7. The number of nitrogens with one attached hydrogen (secondary N) is 2. The molecule has 1 aliphatic carbocycles. The predicted octanol–water partition coefficient (Wildman–Crippen LogP) is 3.74. The minimum absolute atomic E-state index is 0.0163. The van der Waals surface area contributed by atoms with Crippen molar-refractivity contribution in [3.05, 3.63) is 71.0 Å². The Hall–Kier alpha value is -3.74. The average molecular weight is 608 g/mol. The summed E-state index contributed by atoms with van der Waals surface area (Å²) in [7, 11) is 0. The minimum atomic E-state index is -3.15. The van der Waals surface area contributed by atoms with Gasteiger partial charge in [-0.3, -0.25) is 14.5 Å². The third kappa shape index (κ3) is 7.26. The molecule has 5 rings (SSSR count). The van der Waals surface area contributed by atoms with Crippen LogP contribution in [0.4, 0.5) is 26.7 Å². The molecule has 43 heavy (non-hydrogen) atoms. The van der Waals surface area contributed by atoms with Gasteiger partial charge in [0, 0.05) is 32.6 Å². The number of hydrogen-bond acceptors (Lipinski definition) is 4. The van der Waals surface area contributed by atoms with Crippen LogP contribution in [0.2, 0.25) is 0 Å². The number of hydrogen-bond donors (Lipinski definition) is 2. The van der Waals surface area contributed by atoms with Crippen LogP contribution in [0.3, 0.4) is 0 Å². The normalized spacial score (nSPS) is 22.4. The lowest BCUT2D eigenvalue weighted by molar-refractivity contribution is -0.137. The summed E-state index contributed by atoms with van der Waals surface area (Å²) in [5, 5.41) is 5.30. The van der Waals surface area contributed by atoms with Crippen LogP contribution in [0.1, 0.15) is 47.9 Å². The van der Waals surface area contributed by atoms with Crippen LogP contribution in [0.25, 0.3) is 0 Å². The smallest absolute Gasteiger partial charge is 0.317 e. The van der Waals surface area contributed by atoms with E-state index in [1.54, 1.807) is 42.5 Å². The topological polar surface area (TPSA) is 85.0 Å². The van der Waals surface area contributed by atoms with E-state index in [4.69, 9.17) is 0 Å². The van der Waals surface area contributed by atoms with Crippen molar-refractivity contribution in [3.8, 4) is 0 Å². The second-order valence-corrected chi connectivity index (χ2v) is 11.2. The molecule has 2 heterocycles. The monoisotopic (exact) mass is 607 g/mol. The van der Waals surface area contributed by atoms with Gasteiger partial charge in [-0.1, -0.05) is 42.5 Å². The molecule has 13 heteroatoms. The van der Waals surface area contributed by atoms with Crippen LogP contribution in [-0.4, -0.2) is 96.7 Å². The van der Waals surface area contributed by atoms with Gasteiger partial charge in [-0.15, -0.1) is 0 Å². The first-order valence-corrected chi connectivity index (χ1v) is 14.4. The van der Waals surface area contributed by atoms with E-state index in [1.165, 1.54) is 11.0 Å². The maximum absolute atomic E-state index is 14.9. The second kappa shape index (κ2) is 13.3. The Morgan fingerprint density at radius 1 is 0.930 bits per heavy atom. The van der Waals surface area contributed by atoms with E-state index < -0.39 is 55.4 Å². The van der Waals surface area contributed by atoms with E-state index in [0.717, 1.165) is 22.6 Å². The zero-order valence-corrected chi connectivity index (χ0v) is 23.4. The Bertz CT molecular complexity index is 1310. The van der Waals surface area contributed by atoms with Gasteiger partial charge >= 0.3 is 6.03 Å². The van der Waals surface area contributed by atoms with E-state index in [-0.39, 0.29) is 50.9 Å². The van der Waals surface area contributed by atoms with Crippen molar-refractivity contribution in [3.63, 3.8) is 0 Å². The van der Waals surface area contributed by atoms with Gasteiger partial charge in [-0.05, 0) is 41.5 Å². The lowest BCUT2D eigenvalue weighted by Gasteiger charge is -2.36. The summed E-state index contributed by atoms with van der Waals surface area (Å²) in [6, 6.07) is 11.3. The number of carbonyl (C=O) groups is 3. The average Bonchev–Trinajstić information content (AvgIpc) is 3.78. The van der Waals surface area contributed by atoms with Crippen molar-refractivity contribution in [2.75, 3.05) is 39.3 Å². The molecule has 3 fully saturated rings. The lowest BCUT2D eigenvalue weighted by atomic mass is 9.96. The van der Waals surface area contributed by atoms with Crippen molar-refractivity contribution in [2.24, 2.45) is 0 Å². The van der Waals surface area contributed by atoms with Gasteiger partial charge in [0.05, 0.1) is 19.1 Å². The molecule has 4 atom stereocenters. The van der Waals surface area contributed by atoms with E-state index in [1.807, 2.05) is 0 Å². The molecule has 3 aliphatic rings. The molecule has 2 N–H and O–H groups in total. The van der Waals surface area contributed by atoms with Crippen molar-refractivity contribution < 1.29 is 36.3 Å². The van der Waals surface area contributed by atoms with E-state index in [2.05, 4.69) is 10.6 Å². The summed E-state index contributed by atoms with van der Waals surface area (Å²) in [6.07, 6.45) is -5.40. The van der Waals surface area contributed by atoms with Crippen LogP contribution < -0.4 is 10.6 Å². The number of carbonyl (C=O) groups excluding carboxylic acids is 3. The van der Waals surface area contributed by atoms with Crippen LogP contribution in [-0.2, 0) is 9.59 Å². The highest BCUT2D eigenvalue weighted by atomic mass is 19.3. The molecular formula is C30H34F5N5O3. The first-order valence-electron chi connectivity index (χ1n) is 14.4.